The van der Waals surface area contributed by atoms with Crippen molar-refractivity contribution >= 4 is 23.1 Å². The maximum Gasteiger partial charge on any atom is 0.450 e. The van der Waals surface area contributed by atoms with Crippen LogP contribution in [0.4, 0.5) is 18.9 Å². The Balaban J connectivity index is 3.02. The van der Waals surface area contributed by atoms with E-state index in [4.69, 9.17) is 11.6 Å². The van der Waals surface area contributed by atoms with Gasteiger partial charge in [0.25, 0.3) is 5.69 Å². The quantitative estimate of drug-likeness (QED) is 0.625. The van der Waals surface area contributed by atoms with Gasteiger partial charge in [-0.05, 0) is 11.6 Å². The number of hydrogen-bond acceptors (Lipinski definition) is 3. The van der Waals surface area contributed by atoms with Gasteiger partial charge in [0.2, 0.25) is 5.78 Å². The van der Waals surface area contributed by atoms with Crippen LogP contribution in [0, 0.1) is 10.1 Å². The molecule has 1 aromatic carbocycles. The summed E-state index contributed by atoms with van der Waals surface area (Å²) in [5.74, 6) is -2.00. The second-order valence-corrected chi connectivity index (χ2v) is 3.54. The van der Waals surface area contributed by atoms with Crippen LogP contribution in [0.2, 0.25) is 5.02 Å². The zero-order valence-electron chi connectivity index (χ0n) is 8.12. The molecule has 0 saturated heterocycles. The number of rotatable bonds is 3. The lowest BCUT2D eigenvalue weighted by Crippen LogP contribution is -2.24. The molecule has 0 heterocycles. The Morgan fingerprint density at radius 2 is 2.00 bits per heavy atom. The first-order valence-electron chi connectivity index (χ1n) is 4.24. The molecular formula is C9H5ClF3NO3. The molecule has 0 atom stereocenters. The number of nitro benzene ring substituents is 1. The van der Waals surface area contributed by atoms with Crippen molar-refractivity contribution < 1.29 is 22.9 Å². The van der Waals surface area contributed by atoms with Crippen molar-refractivity contribution in [2.24, 2.45) is 0 Å². The molecule has 1 rings (SSSR count). The van der Waals surface area contributed by atoms with Crippen LogP contribution >= 0.6 is 11.6 Å². The summed E-state index contributed by atoms with van der Waals surface area (Å²) in [5.41, 5.74) is -0.637. The summed E-state index contributed by atoms with van der Waals surface area (Å²) in [6.07, 6.45) is -5.99. The van der Waals surface area contributed by atoms with E-state index < -0.39 is 29.0 Å². The van der Waals surface area contributed by atoms with Gasteiger partial charge in [0.15, 0.2) is 0 Å². The highest BCUT2D eigenvalue weighted by Crippen LogP contribution is 2.25. The van der Waals surface area contributed by atoms with Gasteiger partial charge in [0.05, 0.1) is 4.92 Å². The smallest absolute Gasteiger partial charge is 0.289 e. The van der Waals surface area contributed by atoms with E-state index in [1.807, 2.05) is 0 Å². The minimum Gasteiger partial charge on any atom is -0.289 e. The highest BCUT2D eigenvalue weighted by molar-refractivity contribution is 6.31. The van der Waals surface area contributed by atoms with Gasteiger partial charge in [-0.3, -0.25) is 14.9 Å². The summed E-state index contributed by atoms with van der Waals surface area (Å²) < 4.78 is 36.0. The Kier molecular flexibility index (Phi) is 3.72. The Morgan fingerprint density at radius 1 is 1.41 bits per heavy atom. The first-order valence-corrected chi connectivity index (χ1v) is 4.62. The molecule has 0 saturated carbocycles. The van der Waals surface area contributed by atoms with E-state index in [0.29, 0.717) is 0 Å². The average Bonchev–Trinajstić information content (AvgIpc) is 2.19. The molecule has 0 aliphatic rings. The monoisotopic (exact) mass is 267 g/mol. The highest BCUT2D eigenvalue weighted by atomic mass is 35.5. The Bertz CT molecular complexity index is 473. The lowest BCUT2D eigenvalue weighted by molar-refractivity contribution is -0.384. The van der Waals surface area contributed by atoms with Crippen molar-refractivity contribution in [3.8, 4) is 0 Å². The molecule has 8 heteroatoms. The van der Waals surface area contributed by atoms with E-state index in [9.17, 15) is 28.1 Å². The molecule has 0 unspecified atom stereocenters. The zero-order valence-corrected chi connectivity index (χ0v) is 8.88. The molecule has 0 aliphatic heterocycles. The lowest BCUT2D eigenvalue weighted by Gasteiger charge is -2.06. The fourth-order valence-electron chi connectivity index (χ4n) is 1.08. The predicted molar refractivity (Wildman–Crippen MR) is 52.9 cm³/mol. The summed E-state index contributed by atoms with van der Waals surface area (Å²) in [6.45, 7) is 0. The number of hydrogen-bond donors (Lipinski definition) is 0. The van der Waals surface area contributed by atoms with Crippen LogP contribution in [0.15, 0.2) is 18.2 Å². The van der Waals surface area contributed by atoms with Crippen molar-refractivity contribution in [2.75, 3.05) is 0 Å². The molecule has 4 nitrogen and oxygen atoms in total. The Labute approximate surface area is 98.1 Å². The third-order valence-corrected chi connectivity index (χ3v) is 2.28. The SMILES string of the molecule is O=C(Cc1cc([N+](=O)[O-])ccc1Cl)C(F)(F)F. The predicted octanol–water partition coefficient (Wildman–Crippen LogP) is 2.92. The van der Waals surface area contributed by atoms with E-state index in [2.05, 4.69) is 0 Å². The first kappa shape index (κ1) is 13.4. The summed E-state index contributed by atoms with van der Waals surface area (Å²) in [5, 5.41) is 10.3. The first-order chi connectivity index (χ1) is 7.71. The van der Waals surface area contributed by atoms with E-state index in [0.717, 1.165) is 18.2 Å². The minimum atomic E-state index is -4.98. The number of nitro groups is 1. The maximum atomic E-state index is 12.0. The third kappa shape index (κ3) is 3.42. The van der Waals surface area contributed by atoms with Crippen molar-refractivity contribution in [3.63, 3.8) is 0 Å². The van der Waals surface area contributed by atoms with E-state index in [1.165, 1.54) is 0 Å². The largest absolute Gasteiger partial charge is 0.450 e. The summed E-state index contributed by atoms with van der Waals surface area (Å²) in [6, 6.07) is 2.98. The normalized spacial score (nSPS) is 11.3. The van der Waals surface area contributed by atoms with Crippen LogP contribution < -0.4 is 0 Å². The summed E-state index contributed by atoms with van der Waals surface area (Å²) in [7, 11) is 0. The second-order valence-electron chi connectivity index (χ2n) is 3.13. The maximum absolute atomic E-state index is 12.0. The number of alkyl halides is 3. The van der Waals surface area contributed by atoms with Crippen LogP contribution in [-0.4, -0.2) is 16.9 Å². The van der Waals surface area contributed by atoms with Crippen LogP contribution in [0.1, 0.15) is 5.56 Å². The summed E-state index contributed by atoms with van der Waals surface area (Å²) in [4.78, 5) is 20.3. The molecule has 0 aliphatic carbocycles. The van der Waals surface area contributed by atoms with Gasteiger partial charge < -0.3 is 0 Å². The fraction of sp³-hybridized carbons (Fsp3) is 0.222. The number of benzene rings is 1. The molecule has 0 fully saturated rings. The average molecular weight is 268 g/mol. The van der Waals surface area contributed by atoms with E-state index in [1.54, 1.807) is 0 Å². The van der Waals surface area contributed by atoms with Crippen LogP contribution in [0.5, 0.6) is 0 Å². The van der Waals surface area contributed by atoms with Crippen LogP contribution in [0.3, 0.4) is 0 Å². The molecule has 0 N–H and O–H groups in total. The topological polar surface area (TPSA) is 60.2 Å². The van der Waals surface area contributed by atoms with Crippen LogP contribution in [-0.2, 0) is 11.2 Å². The number of nitrogens with zero attached hydrogens (tertiary/aromatic N) is 1. The molecule has 0 aromatic heterocycles. The Morgan fingerprint density at radius 3 is 2.47 bits per heavy atom. The van der Waals surface area contributed by atoms with Crippen molar-refractivity contribution in [3.05, 3.63) is 38.9 Å². The van der Waals surface area contributed by atoms with Crippen molar-refractivity contribution in [1.29, 1.82) is 0 Å². The highest BCUT2D eigenvalue weighted by Gasteiger charge is 2.38. The second kappa shape index (κ2) is 4.70. The molecule has 17 heavy (non-hydrogen) atoms. The van der Waals surface area contributed by atoms with Gasteiger partial charge in [0.1, 0.15) is 0 Å². The van der Waals surface area contributed by atoms with Gasteiger partial charge in [-0.15, -0.1) is 0 Å². The molecule has 0 bridgehead atoms. The number of ketones is 1. The number of halogens is 4. The van der Waals surface area contributed by atoms with Crippen molar-refractivity contribution in [1.82, 2.24) is 0 Å². The Hall–Kier alpha value is -1.63. The van der Waals surface area contributed by atoms with Gasteiger partial charge in [0, 0.05) is 23.6 Å². The molecule has 0 spiro atoms. The van der Waals surface area contributed by atoms with E-state index in [-0.39, 0.29) is 10.6 Å². The van der Waals surface area contributed by atoms with E-state index >= 15 is 0 Å². The third-order valence-electron chi connectivity index (χ3n) is 1.91. The number of non-ortho nitro benzene ring substituents is 1. The standard InChI is InChI=1S/C9H5ClF3NO3/c10-7-2-1-6(14(16)17)3-5(7)4-8(15)9(11,12)13/h1-3H,4H2. The zero-order chi connectivity index (χ0) is 13.2. The molecule has 92 valence electrons. The summed E-state index contributed by atoms with van der Waals surface area (Å²) >= 11 is 5.55. The van der Waals surface area contributed by atoms with Gasteiger partial charge >= 0.3 is 6.18 Å². The fourth-order valence-corrected chi connectivity index (χ4v) is 1.27. The lowest BCUT2D eigenvalue weighted by atomic mass is 10.1. The van der Waals surface area contributed by atoms with Gasteiger partial charge in [-0.2, -0.15) is 13.2 Å². The molecular weight excluding hydrogens is 263 g/mol. The van der Waals surface area contributed by atoms with Crippen molar-refractivity contribution in [2.45, 2.75) is 12.6 Å². The molecule has 0 radical (unpaired) electrons. The number of Topliss-reactive ketones (excluding diaryl/α,β-unsaturated/α-hetero) is 1. The van der Waals surface area contributed by atoms with Gasteiger partial charge in [-0.25, -0.2) is 0 Å². The number of carbonyl (C=O) groups excluding carboxylic acids is 1. The van der Waals surface area contributed by atoms with Gasteiger partial charge in [-0.1, -0.05) is 11.6 Å². The molecule has 1 aromatic rings. The molecule has 0 amide bonds. The number of carbonyl (C=O) groups is 1. The minimum absolute atomic E-state index is 0.117. The van der Waals surface area contributed by atoms with Crippen LogP contribution in [0.25, 0.3) is 0 Å².